The molecular weight excluding hydrogens is 342 g/mol. The Kier molecular flexibility index (Phi) is 5.49. The second-order valence-electron chi connectivity index (χ2n) is 6.95. The number of ketones is 1. The van der Waals surface area contributed by atoms with E-state index in [1.807, 2.05) is 0 Å². The van der Waals surface area contributed by atoms with E-state index in [9.17, 15) is 9.59 Å². The molecule has 0 unspecified atom stereocenters. The summed E-state index contributed by atoms with van der Waals surface area (Å²) in [4.78, 5) is 23.7. The normalized spacial score (nSPS) is 13.8. The van der Waals surface area contributed by atoms with Crippen LogP contribution in [0.1, 0.15) is 58.7 Å². The van der Waals surface area contributed by atoms with Crippen LogP contribution in [0.2, 0.25) is 0 Å². The van der Waals surface area contributed by atoms with Crippen LogP contribution in [0.4, 0.5) is 0 Å². The Morgan fingerprint density at radius 2 is 1.96 bits per heavy atom. The van der Waals surface area contributed by atoms with Gasteiger partial charge in [0, 0.05) is 34.6 Å². The zero-order valence-electron chi connectivity index (χ0n) is 16.2. The van der Waals surface area contributed by atoms with Crippen molar-refractivity contribution in [3.8, 4) is 5.75 Å². The summed E-state index contributed by atoms with van der Waals surface area (Å²) >= 11 is 0. The van der Waals surface area contributed by atoms with Gasteiger partial charge in [0.15, 0.2) is 5.78 Å². The summed E-state index contributed by atoms with van der Waals surface area (Å²) in [6, 6.07) is 7.81. The molecule has 1 aliphatic carbocycles. The fourth-order valence-electron chi connectivity index (χ4n) is 3.33. The van der Waals surface area contributed by atoms with Gasteiger partial charge in [-0.3, -0.25) is 4.79 Å². The quantitative estimate of drug-likeness (QED) is 0.413. The molecule has 1 aromatic carbocycles. The summed E-state index contributed by atoms with van der Waals surface area (Å²) in [5, 5.41) is 0. The molecule has 3 rings (SSSR count). The van der Waals surface area contributed by atoms with Crippen LogP contribution in [0, 0.1) is 13.8 Å². The number of Topliss-reactive ketones (excluding diaryl/α,β-unsaturated/α-hetero) is 1. The molecule has 1 fully saturated rings. The number of esters is 1. The van der Waals surface area contributed by atoms with Gasteiger partial charge in [-0.1, -0.05) is 0 Å². The van der Waals surface area contributed by atoms with E-state index in [1.54, 1.807) is 31.4 Å². The zero-order valence-corrected chi connectivity index (χ0v) is 16.2. The molecule has 27 heavy (non-hydrogen) atoms. The Hall–Kier alpha value is -2.82. The first-order chi connectivity index (χ1) is 12.9. The van der Waals surface area contributed by atoms with Crippen molar-refractivity contribution in [3.63, 3.8) is 0 Å². The van der Waals surface area contributed by atoms with Crippen molar-refractivity contribution in [2.75, 3.05) is 7.11 Å². The third kappa shape index (κ3) is 4.30. The lowest BCUT2D eigenvalue weighted by Crippen LogP contribution is -2.04. The molecule has 0 radical (unpaired) electrons. The molecule has 0 N–H and O–H groups in total. The summed E-state index contributed by atoms with van der Waals surface area (Å²) < 4.78 is 13.0. The number of benzene rings is 1. The SMILES string of the molecule is COc1ccc(C(C)=O)cc1COC(=O)/C=C/c1cc(C)n(C2CC2)c1C. The van der Waals surface area contributed by atoms with Crippen molar-refractivity contribution in [2.45, 2.75) is 46.3 Å². The third-order valence-corrected chi connectivity index (χ3v) is 4.89. The van der Waals surface area contributed by atoms with Gasteiger partial charge in [-0.2, -0.15) is 0 Å². The average molecular weight is 367 g/mol. The first kappa shape index (κ1) is 19.0. The molecule has 1 aromatic heterocycles. The maximum absolute atomic E-state index is 12.1. The van der Waals surface area contributed by atoms with E-state index in [0.717, 1.165) is 5.56 Å². The average Bonchev–Trinajstić information content (AvgIpc) is 3.43. The molecular formula is C22H25NO4. The van der Waals surface area contributed by atoms with Crippen LogP contribution in [0.25, 0.3) is 6.08 Å². The highest BCUT2D eigenvalue weighted by atomic mass is 16.5. The Morgan fingerprint density at radius 1 is 1.22 bits per heavy atom. The van der Waals surface area contributed by atoms with Crippen LogP contribution in [0.3, 0.4) is 0 Å². The van der Waals surface area contributed by atoms with Gasteiger partial charge < -0.3 is 14.0 Å². The molecule has 0 aliphatic heterocycles. The molecule has 0 bridgehead atoms. The van der Waals surface area contributed by atoms with Crippen molar-refractivity contribution in [1.29, 1.82) is 0 Å². The fourth-order valence-corrected chi connectivity index (χ4v) is 3.33. The minimum absolute atomic E-state index is 0.0452. The highest BCUT2D eigenvalue weighted by molar-refractivity contribution is 5.94. The fraction of sp³-hybridized carbons (Fsp3) is 0.364. The summed E-state index contributed by atoms with van der Waals surface area (Å²) in [6.07, 6.45) is 5.69. The number of hydrogen-bond donors (Lipinski definition) is 0. The highest BCUT2D eigenvalue weighted by Crippen LogP contribution is 2.38. The van der Waals surface area contributed by atoms with Gasteiger partial charge in [0.25, 0.3) is 0 Å². The molecule has 0 atom stereocenters. The smallest absolute Gasteiger partial charge is 0.331 e. The van der Waals surface area contributed by atoms with Crippen molar-refractivity contribution >= 4 is 17.8 Å². The van der Waals surface area contributed by atoms with Crippen LogP contribution >= 0.6 is 0 Å². The van der Waals surface area contributed by atoms with E-state index >= 15 is 0 Å². The Bertz CT molecular complexity index is 903. The first-order valence-electron chi connectivity index (χ1n) is 9.11. The summed E-state index contributed by atoms with van der Waals surface area (Å²) in [5.41, 5.74) is 4.65. The van der Waals surface area contributed by atoms with Crippen molar-refractivity contribution in [1.82, 2.24) is 4.57 Å². The predicted octanol–water partition coefficient (Wildman–Crippen LogP) is 4.41. The molecule has 5 heteroatoms. The second-order valence-corrected chi connectivity index (χ2v) is 6.95. The monoisotopic (exact) mass is 367 g/mol. The first-order valence-corrected chi connectivity index (χ1v) is 9.11. The van der Waals surface area contributed by atoms with Crippen LogP contribution in [-0.4, -0.2) is 23.4 Å². The lowest BCUT2D eigenvalue weighted by atomic mass is 10.1. The van der Waals surface area contributed by atoms with E-state index in [-0.39, 0.29) is 12.4 Å². The van der Waals surface area contributed by atoms with E-state index in [0.29, 0.717) is 22.9 Å². The number of carbonyl (C=O) groups excluding carboxylic acids is 2. The second kappa shape index (κ2) is 7.82. The van der Waals surface area contributed by atoms with E-state index in [2.05, 4.69) is 24.5 Å². The van der Waals surface area contributed by atoms with E-state index in [1.165, 1.54) is 37.2 Å². The van der Waals surface area contributed by atoms with Crippen molar-refractivity contribution in [3.05, 3.63) is 58.4 Å². The largest absolute Gasteiger partial charge is 0.496 e. The molecule has 1 heterocycles. The molecule has 1 aliphatic rings. The molecule has 0 saturated heterocycles. The van der Waals surface area contributed by atoms with Crippen molar-refractivity contribution in [2.24, 2.45) is 0 Å². The van der Waals surface area contributed by atoms with E-state index in [4.69, 9.17) is 9.47 Å². The van der Waals surface area contributed by atoms with Crippen LogP contribution in [0.15, 0.2) is 30.3 Å². The Balaban J connectivity index is 1.66. The molecule has 142 valence electrons. The lowest BCUT2D eigenvalue weighted by Gasteiger charge is -2.10. The minimum Gasteiger partial charge on any atom is -0.496 e. The maximum atomic E-state index is 12.1. The topological polar surface area (TPSA) is 57.5 Å². The molecule has 0 amide bonds. The summed E-state index contributed by atoms with van der Waals surface area (Å²) in [7, 11) is 1.55. The maximum Gasteiger partial charge on any atom is 0.331 e. The molecule has 5 nitrogen and oxygen atoms in total. The molecule has 1 saturated carbocycles. The van der Waals surface area contributed by atoms with Gasteiger partial charge in [-0.15, -0.1) is 0 Å². The number of hydrogen-bond acceptors (Lipinski definition) is 4. The number of rotatable bonds is 7. The lowest BCUT2D eigenvalue weighted by molar-refractivity contribution is -0.138. The van der Waals surface area contributed by atoms with Gasteiger partial charge in [-0.25, -0.2) is 4.79 Å². The van der Waals surface area contributed by atoms with Crippen LogP contribution in [0.5, 0.6) is 5.75 Å². The standard InChI is InChI=1S/C22H25NO4/c1-14-11-17(15(2)23(14)20-7-8-20)6-10-22(25)27-13-19-12-18(16(3)24)5-9-21(19)26-4/h5-6,9-12,20H,7-8,13H2,1-4H3/b10-6+. The molecule has 0 spiro atoms. The van der Waals surface area contributed by atoms with Crippen molar-refractivity contribution < 1.29 is 19.1 Å². The van der Waals surface area contributed by atoms with Gasteiger partial charge in [0.1, 0.15) is 12.4 Å². The molecule has 2 aromatic rings. The zero-order chi connectivity index (χ0) is 19.6. The van der Waals surface area contributed by atoms with E-state index < -0.39 is 5.97 Å². The number of methoxy groups -OCH3 is 1. The van der Waals surface area contributed by atoms with Gasteiger partial charge in [0.2, 0.25) is 0 Å². The summed E-state index contributed by atoms with van der Waals surface area (Å²) in [5.74, 6) is 0.113. The number of carbonyl (C=O) groups is 2. The highest BCUT2D eigenvalue weighted by Gasteiger charge is 2.26. The Labute approximate surface area is 159 Å². The predicted molar refractivity (Wildman–Crippen MR) is 104 cm³/mol. The number of aromatic nitrogens is 1. The van der Waals surface area contributed by atoms with Gasteiger partial charge >= 0.3 is 5.97 Å². The number of aryl methyl sites for hydroxylation is 1. The van der Waals surface area contributed by atoms with Crippen LogP contribution < -0.4 is 4.74 Å². The van der Waals surface area contributed by atoms with Gasteiger partial charge in [0.05, 0.1) is 7.11 Å². The van der Waals surface area contributed by atoms with Crippen LogP contribution in [-0.2, 0) is 16.1 Å². The third-order valence-electron chi connectivity index (χ3n) is 4.89. The Morgan fingerprint density at radius 3 is 2.59 bits per heavy atom. The summed E-state index contributed by atoms with van der Waals surface area (Å²) in [6.45, 7) is 5.72. The van der Waals surface area contributed by atoms with Gasteiger partial charge in [-0.05, 0) is 69.5 Å². The number of nitrogens with zero attached hydrogens (tertiary/aromatic N) is 1. The minimum atomic E-state index is -0.429. The number of ether oxygens (including phenoxy) is 2.